The quantitative estimate of drug-likeness (QED) is 0.467. The maximum Gasteiger partial charge on any atom is 0.345 e. The Kier molecular flexibility index (Phi) is 9.97. The van der Waals surface area contributed by atoms with Gasteiger partial charge in [-0.15, -0.1) is 12.4 Å². The molecule has 0 atom stereocenters. The number of ether oxygens (including phenoxy) is 2. The molecular formula is C28H37ClN4O4. The Bertz CT molecular complexity index is 1190. The van der Waals surface area contributed by atoms with Gasteiger partial charge in [0.05, 0.1) is 20.8 Å². The molecule has 9 heteroatoms. The third kappa shape index (κ3) is 6.26. The fourth-order valence-corrected chi connectivity index (χ4v) is 5.22. The van der Waals surface area contributed by atoms with Crippen LogP contribution in [0.5, 0.6) is 11.5 Å². The van der Waals surface area contributed by atoms with Crippen molar-refractivity contribution in [3.05, 3.63) is 81.5 Å². The molecule has 8 nitrogen and oxygen atoms in total. The fraction of sp³-hybridized carbons (Fsp3) is 0.429. The monoisotopic (exact) mass is 528 g/mol. The van der Waals surface area contributed by atoms with Gasteiger partial charge in [0.1, 0.15) is 17.3 Å². The minimum atomic E-state index is 0. The van der Waals surface area contributed by atoms with Crippen LogP contribution in [0.15, 0.2) is 58.9 Å². The van der Waals surface area contributed by atoms with Crippen LogP contribution in [0.1, 0.15) is 42.6 Å². The molecule has 0 saturated carbocycles. The summed E-state index contributed by atoms with van der Waals surface area (Å²) in [5.41, 5.74) is 5.22. The van der Waals surface area contributed by atoms with E-state index >= 15 is 0 Å². The number of hydrogen-bond acceptors (Lipinski definition) is 5. The van der Waals surface area contributed by atoms with E-state index in [9.17, 15) is 4.79 Å². The van der Waals surface area contributed by atoms with Gasteiger partial charge in [0.2, 0.25) is 0 Å². The van der Waals surface area contributed by atoms with Crippen LogP contribution in [0.25, 0.3) is 5.57 Å². The van der Waals surface area contributed by atoms with Crippen molar-refractivity contribution in [2.75, 3.05) is 33.9 Å². The SMILES string of the molecule is COc1ccc(C(=C2CCN(CCn3nc4n(c3=O)CCCC4)CC2)c2ccc(OC)cc2)cc1.Cl.O. The number of piperidine rings is 1. The average Bonchev–Trinajstić information content (AvgIpc) is 3.24. The Balaban J connectivity index is 0.00000190. The zero-order valence-electron chi connectivity index (χ0n) is 21.6. The van der Waals surface area contributed by atoms with Gasteiger partial charge in [0.15, 0.2) is 0 Å². The Labute approximate surface area is 224 Å². The molecule has 37 heavy (non-hydrogen) atoms. The van der Waals surface area contributed by atoms with Gasteiger partial charge in [0.25, 0.3) is 0 Å². The number of benzene rings is 2. The van der Waals surface area contributed by atoms with Crippen LogP contribution in [0.3, 0.4) is 0 Å². The first-order valence-electron chi connectivity index (χ1n) is 12.6. The van der Waals surface area contributed by atoms with E-state index in [-0.39, 0.29) is 23.6 Å². The van der Waals surface area contributed by atoms with Crippen LogP contribution in [0.4, 0.5) is 0 Å². The minimum absolute atomic E-state index is 0. The number of methoxy groups -OCH3 is 2. The number of aromatic nitrogens is 3. The molecule has 3 aromatic rings. The lowest BCUT2D eigenvalue weighted by molar-refractivity contribution is 0.242. The van der Waals surface area contributed by atoms with Crippen LogP contribution in [-0.2, 0) is 19.5 Å². The summed E-state index contributed by atoms with van der Waals surface area (Å²) in [6, 6.07) is 16.7. The second-order valence-corrected chi connectivity index (χ2v) is 9.31. The normalized spacial score (nSPS) is 15.2. The molecule has 2 N–H and O–H groups in total. The molecule has 0 aliphatic carbocycles. The van der Waals surface area contributed by atoms with Gasteiger partial charge in [-0.05, 0) is 66.6 Å². The molecule has 2 aliphatic heterocycles. The Morgan fingerprint density at radius 3 is 1.89 bits per heavy atom. The molecule has 1 aromatic heterocycles. The molecule has 2 aliphatic rings. The van der Waals surface area contributed by atoms with E-state index in [1.807, 2.05) is 28.8 Å². The Morgan fingerprint density at radius 2 is 1.38 bits per heavy atom. The zero-order valence-corrected chi connectivity index (χ0v) is 22.4. The van der Waals surface area contributed by atoms with Crippen LogP contribution < -0.4 is 15.2 Å². The van der Waals surface area contributed by atoms with Gasteiger partial charge < -0.3 is 19.8 Å². The van der Waals surface area contributed by atoms with Gasteiger partial charge in [-0.25, -0.2) is 9.48 Å². The molecule has 0 bridgehead atoms. The highest BCUT2D eigenvalue weighted by Crippen LogP contribution is 2.34. The summed E-state index contributed by atoms with van der Waals surface area (Å²) < 4.78 is 14.3. The van der Waals surface area contributed by atoms with Crippen molar-refractivity contribution in [1.82, 2.24) is 19.2 Å². The van der Waals surface area contributed by atoms with Gasteiger partial charge in [0, 0.05) is 32.6 Å². The summed E-state index contributed by atoms with van der Waals surface area (Å²) in [7, 11) is 3.39. The molecule has 2 aromatic carbocycles. The van der Waals surface area contributed by atoms with Crippen molar-refractivity contribution >= 4 is 18.0 Å². The van der Waals surface area contributed by atoms with E-state index in [0.29, 0.717) is 6.54 Å². The maximum absolute atomic E-state index is 12.7. The lowest BCUT2D eigenvalue weighted by atomic mass is 9.88. The highest BCUT2D eigenvalue weighted by atomic mass is 35.5. The molecule has 1 saturated heterocycles. The molecule has 0 unspecified atom stereocenters. The highest BCUT2D eigenvalue weighted by Gasteiger charge is 2.21. The van der Waals surface area contributed by atoms with Crippen LogP contribution in [-0.4, -0.2) is 58.6 Å². The number of likely N-dealkylation sites (tertiary alicyclic amines) is 1. The molecule has 0 spiro atoms. The number of fused-ring (bicyclic) bond motifs is 1. The van der Waals surface area contributed by atoms with E-state index < -0.39 is 0 Å². The van der Waals surface area contributed by atoms with Crippen molar-refractivity contribution in [3.8, 4) is 11.5 Å². The second-order valence-electron chi connectivity index (χ2n) is 9.31. The van der Waals surface area contributed by atoms with Crippen molar-refractivity contribution in [3.63, 3.8) is 0 Å². The number of nitrogens with zero attached hydrogens (tertiary/aromatic N) is 4. The van der Waals surface area contributed by atoms with E-state index in [1.165, 1.54) is 22.3 Å². The lowest BCUT2D eigenvalue weighted by Gasteiger charge is -2.30. The zero-order chi connectivity index (χ0) is 24.2. The summed E-state index contributed by atoms with van der Waals surface area (Å²) in [4.78, 5) is 15.1. The van der Waals surface area contributed by atoms with Crippen molar-refractivity contribution < 1.29 is 14.9 Å². The smallest absolute Gasteiger partial charge is 0.345 e. The molecular weight excluding hydrogens is 492 g/mol. The first kappa shape index (κ1) is 28.5. The minimum Gasteiger partial charge on any atom is -0.497 e. The second kappa shape index (κ2) is 12.9. The third-order valence-corrected chi connectivity index (χ3v) is 7.23. The van der Waals surface area contributed by atoms with E-state index in [2.05, 4.69) is 34.3 Å². The topological polar surface area (TPSA) is 93.0 Å². The van der Waals surface area contributed by atoms with Crippen LogP contribution >= 0.6 is 12.4 Å². The molecule has 200 valence electrons. The summed E-state index contributed by atoms with van der Waals surface area (Å²) in [5.74, 6) is 2.67. The summed E-state index contributed by atoms with van der Waals surface area (Å²) in [6.07, 6.45) is 5.12. The maximum atomic E-state index is 12.7. The van der Waals surface area contributed by atoms with Crippen molar-refractivity contribution in [2.24, 2.45) is 0 Å². The highest BCUT2D eigenvalue weighted by molar-refractivity contribution is 5.85. The largest absolute Gasteiger partial charge is 0.497 e. The predicted molar refractivity (Wildman–Crippen MR) is 148 cm³/mol. The fourth-order valence-electron chi connectivity index (χ4n) is 5.22. The first-order chi connectivity index (χ1) is 17.2. The predicted octanol–water partition coefficient (Wildman–Crippen LogP) is 3.59. The number of hydrogen-bond donors (Lipinski definition) is 0. The molecule has 3 heterocycles. The molecule has 1 fully saturated rings. The first-order valence-corrected chi connectivity index (χ1v) is 12.6. The molecule has 0 radical (unpaired) electrons. The Morgan fingerprint density at radius 1 is 0.811 bits per heavy atom. The van der Waals surface area contributed by atoms with Gasteiger partial charge >= 0.3 is 5.69 Å². The number of rotatable bonds is 7. The standard InChI is InChI=1S/C28H34N4O3.ClH.H2O/c1-34-24-10-6-21(7-11-24)27(22-8-12-25(35-2)13-9-22)23-14-17-30(18-15-23)19-20-32-28(33)31-16-4-3-5-26(31)29-32;;/h6-13H,3-5,14-20H2,1-2H3;1H;1H2. The molecule has 5 rings (SSSR count). The summed E-state index contributed by atoms with van der Waals surface area (Å²) in [6.45, 7) is 4.28. The lowest BCUT2D eigenvalue weighted by Crippen LogP contribution is -2.36. The average molecular weight is 529 g/mol. The number of halogens is 1. The van der Waals surface area contributed by atoms with E-state index in [4.69, 9.17) is 9.47 Å². The van der Waals surface area contributed by atoms with Crippen molar-refractivity contribution in [2.45, 2.75) is 45.2 Å². The number of aryl methyl sites for hydroxylation is 1. The molecule has 0 amide bonds. The third-order valence-electron chi connectivity index (χ3n) is 7.23. The van der Waals surface area contributed by atoms with E-state index in [1.54, 1.807) is 18.9 Å². The van der Waals surface area contributed by atoms with Gasteiger partial charge in [-0.1, -0.05) is 29.8 Å². The van der Waals surface area contributed by atoms with Crippen LogP contribution in [0, 0.1) is 0 Å². The Hall–Kier alpha value is -3.07. The van der Waals surface area contributed by atoms with E-state index in [0.717, 1.165) is 75.6 Å². The van der Waals surface area contributed by atoms with Crippen LogP contribution in [0.2, 0.25) is 0 Å². The van der Waals surface area contributed by atoms with Crippen molar-refractivity contribution in [1.29, 1.82) is 0 Å². The summed E-state index contributed by atoms with van der Waals surface area (Å²) >= 11 is 0. The van der Waals surface area contributed by atoms with Gasteiger partial charge in [-0.2, -0.15) is 5.10 Å². The summed E-state index contributed by atoms with van der Waals surface area (Å²) in [5, 5.41) is 4.60. The van der Waals surface area contributed by atoms with Gasteiger partial charge in [-0.3, -0.25) is 4.57 Å².